The number of aromatic nitrogens is 4. The lowest BCUT2D eigenvalue weighted by Crippen LogP contribution is -2.08. The van der Waals surface area contributed by atoms with Crippen molar-refractivity contribution in [2.45, 2.75) is 6.54 Å². The third-order valence-corrected chi connectivity index (χ3v) is 3.45. The van der Waals surface area contributed by atoms with E-state index < -0.39 is 0 Å². The molecular weight excluding hydrogens is 309 g/mol. The normalized spacial score (nSPS) is 10.6. The third-order valence-electron chi connectivity index (χ3n) is 2.90. The van der Waals surface area contributed by atoms with Crippen LogP contribution in [0, 0.1) is 0 Å². The van der Waals surface area contributed by atoms with Crippen LogP contribution in [0.2, 0.25) is 10.0 Å². The van der Waals surface area contributed by atoms with Gasteiger partial charge in [-0.2, -0.15) is 4.68 Å². The minimum absolute atomic E-state index is 0.448. The second kappa shape index (κ2) is 6.11. The molecule has 1 heterocycles. The van der Waals surface area contributed by atoms with E-state index in [1.54, 1.807) is 16.8 Å². The summed E-state index contributed by atoms with van der Waals surface area (Å²) in [6.45, 7) is 0.448. The van der Waals surface area contributed by atoms with Crippen molar-refractivity contribution in [1.29, 1.82) is 0 Å². The van der Waals surface area contributed by atoms with Crippen molar-refractivity contribution in [1.82, 2.24) is 20.2 Å². The molecule has 0 saturated heterocycles. The van der Waals surface area contributed by atoms with E-state index in [1.165, 1.54) is 0 Å². The van der Waals surface area contributed by atoms with Crippen molar-refractivity contribution < 1.29 is 0 Å². The fourth-order valence-corrected chi connectivity index (χ4v) is 2.37. The van der Waals surface area contributed by atoms with Gasteiger partial charge in [0.05, 0.1) is 22.9 Å². The molecule has 0 unspecified atom stereocenters. The largest absolute Gasteiger partial charge is 0.376 e. The van der Waals surface area contributed by atoms with E-state index in [0.717, 1.165) is 11.4 Å². The van der Waals surface area contributed by atoms with Gasteiger partial charge in [-0.1, -0.05) is 41.4 Å². The summed E-state index contributed by atoms with van der Waals surface area (Å²) in [6.07, 6.45) is 0. The predicted octanol–water partition coefficient (Wildman–Crippen LogP) is 3.58. The van der Waals surface area contributed by atoms with Gasteiger partial charge >= 0.3 is 0 Å². The van der Waals surface area contributed by atoms with E-state index in [4.69, 9.17) is 23.2 Å². The minimum atomic E-state index is 0.448. The average molecular weight is 320 g/mol. The number of rotatable bonds is 4. The number of hydrogen-bond acceptors (Lipinski definition) is 4. The van der Waals surface area contributed by atoms with Gasteiger partial charge < -0.3 is 5.32 Å². The first-order chi connectivity index (χ1) is 10.2. The van der Waals surface area contributed by atoms with Crippen molar-refractivity contribution in [3.05, 3.63) is 64.4 Å². The molecule has 7 heteroatoms. The monoisotopic (exact) mass is 319 g/mol. The zero-order valence-electron chi connectivity index (χ0n) is 10.9. The van der Waals surface area contributed by atoms with Gasteiger partial charge in [-0.3, -0.25) is 0 Å². The number of nitrogens with zero attached hydrogens (tertiary/aromatic N) is 4. The molecule has 2 aromatic carbocycles. The Morgan fingerprint density at radius 1 is 1.05 bits per heavy atom. The van der Waals surface area contributed by atoms with Crippen LogP contribution in [0.5, 0.6) is 0 Å². The van der Waals surface area contributed by atoms with Crippen molar-refractivity contribution in [2.24, 2.45) is 0 Å². The van der Waals surface area contributed by atoms with Crippen LogP contribution in [0.25, 0.3) is 5.69 Å². The number of tetrazole rings is 1. The van der Waals surface area contributed by atoms with E-state index >= 15 is 0 Å². The number of benzene rings is 2. The van der Waals surface area contributed by atoms with Crippen LogP contribution < -0.4 is 5.32 Å². The first-order valence-corrected chi connectivity index (χ1v) is 7.01. The molecule has 0 bridgehead atoms. The quantitative estimate of drug-likeness (QED) is 0.798. The molecule has 0 amide bonds. The maximum atomic E-state index is 6.12. The first-order valence-electron chi connectivity index (χ1n) is 6.25. The molecule has 106 valence electrons. The molecule has 3 rings (SSSR count). The van der Waals surface area contributed by atoms with Gasteiger partial charge in [-0.25, -0.2) is 0 Å². The Balaban J connectivity index is 1.79. The maximum Gasteiger partial charge on any atom is 0.175 e. The molecule has 0 aliphatic rings. The number of para-hydroxylation sites is 1. The van der Waals surface area contributed by atoms with Crippen LogP contribution in [-0.2, 0) is 6.54 Å². The molecule has 1 N–H and O–H groups in total. The van der Waals surface area contributed by atoms with Gasteiger partial charge in [0.2, 0.25) is 0 Å². The minimum Gasteiger partial charge on any atom is -0.376 e. The lowest BCUT2D eigenvalue weighted by atomic mass is 10.3. The SMILES string of the molecule is Clc1ccc(NCc2nnnn2-c2ccccc2)c(Cl)c1. The van der Waals surface area contributed by atoms with Crippen LogP contribution in [0.1, 0.15) is 5.82 Å². The molecule has 0 spiro atoms. The highest BCUT2D eigenvalue weighted by atomic mass is 35.5. The summed E-state index contributed by atoms with van der Waals surface area (Å²) in [5.74, 6) is 0.687. The molecule has 5 nitrogen and oxygen atoms in total. The van der Waals surface area contributed by atoms with Gasteiger partial charge in [0, 0.05) is 5.02 Å². The maximum absolute atomic E-state index is 6.12. The van der Waals surface area contributed by atoms with E-state index in [1.807, 2.05) is 36.4 Å². The molecule has 0 saturated carbocycles. The Labute approximate surface area is 131 Å². The molecule has 0 aliphatic heterocycles. The van der Waals surface area contributed by atoms with Crippen LogP contribution in [0.4, 0.5) is 5.69 Å². The highest BCUT2D eigenvalue weighted by molar-refractivity contribution is 6.36. The number of hydrogen-bond donors (Lipinski definition) is 1. The van der Waals surface area contributed by atoms with Crippen molar-refractivity contribution >= 4 is 28.9 Å². The molecule has 21 heavy (non-hydrogen) atoms. The number of halogens is 2. The summed E-state index contributed by atoms with van der Waals surface area (Å²) in [5, 5.41) is 16.1. The molecule has 0 fully saturated rings. The summed E-state index contributed by atoms with van der Waals surface area (Å²) in [6, 6.07) is 15.0. The van der Waals surface area contributed by atoms with Crippen LogP contribution in [0.15, 0.2) is 48.5 Å². The molecular formula is C14H11Cl2N5. The summed E-state index contributed by atoms with van der Waals surface area (Å²) in [7, 11) is 0. The summed E-state index contributed by atoms with van der Waals surface area (Å²) < 4.78 is 1.68. The van der Waals surface area contributed by atoms with Crippen molar-refractivity contribution in [3.63, 3.8) is 0 Å². The Hall–Kier alpha value is -2.11. The topological polar surface area (TPSA) is 55.6 Å². The lowest BCUT2D eigenvalue weighted by Gasteiger charge is -2.09. The first kappa shape index (κ1) is 13.9. The highest BCUT2D eigenvalue weighted by Gasteiger charge is 2.08. The van der Waals surface area contributed by atoms with E-state index in [-0.39, 0.29) is 0 Å². The second-order valence-electron chi connectivity index (χ2n) is 4.32. The van der Waals surface area contributed by atoms with Gasteiger partial charge in [-0.05, 0) is 40.8 Å². The highest BCUT2D eigenvalue weighted by Crippen LogP contribution is 2.25. The zero-order valence-corrected chi connectivity index (χ0v) is 12.4. The van der Waals surface area contributed by atoms with E-state index in [2.05, 4.69) is 20.8 Å². The van der Waals surface area contributed by atoms with Gasteiger partial charge in [0.15, 0.2) is 5.82 Å². The summed E-state index contributed by atoms with van der Waals surface area (Å²) >= 11 is 12.0. The van der Waals surface area contributed by atoms with Crippen LogP contribution in [0.3, 0.4) is 0 Å². The van der Waals surface area contributed by atoms with E-state index in [0.29, 0.717) is 22.4 Å². The Morgan fingerprint density at radius 2 is 1.86 bits per heavy atom. The molecule has 0 aliphatic carbocycles. The van der Waals surface area contributed by atoms with E-state index in [9.17, 15) is 0 Å². The third kappa shape index (κ3) is 3.15. The Bertz CT molecular complexity index is 742. The van der Waals surface area contributed by atoms with Crippen molar-refractivity contribution in [3.8, 4) is 5.69 Å². The Kier molecular flexibility index (Phi) is 4.03. The predicted molar refractivity (Wildman–Crippen MR) is 82.9 cm³/mol. The zero-order chi connectivity index (χ0) is 14.7. The summed E-state index contributed by atoms with van der Waals surface area (Å²) in [5.41, 5.74) is 1.69. The van der Waals surface area contributed by atoms with Crippen molar-refractivity contribution in [2.75, 3.05) is 5.32 Å². The second-order valence-corrected chi connectivity index (χ2v) is 5.16. The van der Waals surface area contributed by atoms with Gasteiger partial charge in [-0.15, -0.1) is 5.10 Å². The molecule has 3 aromatic rings. The number of anilines is 1. The average Bonchev–Trinajstić information content (AvgIpc) is 2.96. The Morgan fingerprint density at radius 3 is 2.62 bits per heavy atom. The molecule has 0 atom stereocenters. The van der Waals surface area contributed by atoms with Crippen LogP contribution >= 0.6 is 23.2 Å². The summed E-state index contributed by atoms with van der Waals surface area (Å²) in [4.78, 5) is 0. The fraction of sp³-hybridized carbons (Fsp3) is 0.0714. The lowest BCUT2D eigenvalue weighted by molar-refractivity contribution is 0.768. The van der Waals surface area contributed by atoms with Gasteiger partial charge in [0.25, 0.3) is 0 Å². The smallest absolute Gasteiger partial charge is 0.175 e. The number of nitrogens with one attached hydrogen (secondary N) is 1. The standard InChI is InChI=1S/C14H11Cl2N5/c15-10-6-7-13(12(16)8-10)17-9-14-18-19-20-21(14)11-4-2-1-3-5-11/h1-8,17H,9H2. The van der Waals surface area contributed by atoms with Crippen LogP contribution in [-0.4, -0.2) is 20.2 Å². The van der Waals surface area contributed by atoms with Gasteiger partial charge in [0.1, 0.15) is 0 Å². The molecule has 1 aromatic heterocycles. The molecule has 0 radical (unpaired) electrons. The fourth-order valence-electron chi connectivity index (χ4n) is 1.89.